The molecule has 9 heteroatoms. The maximum absolute atomic E-state index is 12.9. The number of sulfonamides is 1. The van der Waals surface area contributed by atoms with Gasteiger partial charge in [0, 0.05) is 44.9 Å². The summed E-state index contributed by atoms with van der Waals surface area (Å²) in [6, 6.07) is 3.22. The minimum absolute atomic E-state index is 0.115. The van der Waals surface area contributed by atoms with Crippen molar-refractivity contribution in [1.82, 2.24) is 23.6 Å². The Kier molecular flexibility index (Phi) is 5.53. The molecule has 2 aromatic heterocycles. The summed E-state index contributed by atoms with van der Waals surface area (Å²) in [5, 5.41) is 4.39. The molecule has 1 aliphatic heterocycles. The van der Waals surface area contributed by atoms with Gasteiger partial charge in [-0.3, -0.25) is 4.79 Å². The molecule has 3 rings (SSSR count). The monoisotopic (exact) mass is 393 g/mol. The molecule has 3 heterocycles. The van der Waals surface area contributed by atoms with Crippen LogP contribution in [0.2, 0.25) is 0 Å². The summed E-state index contributed by atoms with van der Waals surface area (Å²) in [5.41, 5.74) is 0.677. The quantitative estimate of drug-likeness (QED) is 0.768. The molecule has 0 unspecified atom stereocenters. The SMILES string of the molecule is Cc1ccc(=O)n(CC2CCN(S(=O)(=O)c3cn(C)c(C(C)C)n3)CC2)n1. The van der Waals surface area contributed by atoms with Gasteiger partial charge in [-0.05, 0) is 31.7 Å². The molecular weight excluding hydrogens is 366 g/mol. The Morgan fingerprint density at radius 1 is 1.22 bits per heavy atom. The van der Waals surface area contributed by atoms with E-state index < -0.39 is 10.0 Å². The Bertz CT molecular complexity index is 969. The number of piperidine rings is 1. The molecule has 27 heavy (non-hydrogen) atoms. The summed E-state index contributed by atoms with van der Waals surface area (Å²) in [6.07, 6.45) is 2.99. The second-order valence-corrected chi connectivity index (χ2v) is 9.43. The second-order valence-electron chi connectivity index (χ2n) is 7.55. The van der Waals surface area contributed by atoms with Crippen molar-refractivity contribution < 1.29 is 8.42 Å². The van der Waals surface area contributed by atoms with Gasteiger partial charge in [0.15, 0.2) is 5.03 Å². The van der Waals surface area contributed by atoms with Crippen molar-refractivity contribution in [3.63, 3.8) is 0 Å². The van der Waals surface area contributed by atoms with E-state index in [1.54, 1.807) is 16.8 Å². The molecule has 0 amide bonds. The fourth-order valence-corrected chi connectivity index (χ4v) is 4.96. The normalized spacial score (nSPS) is 16.9. The predicted molar refractivity (Wildman–Crippen MR) is 102 cm³/mol. The standard InChI is InChI=1S/C18H27N5O3S/c1-13(2)18-19-16(12-21(18)4)27(25,26)22-9-7-15(8-10-22)11-23-17(24)6-5-14(3)20-23/h5-6,12-13,15H,7-11H2,1-4H3. The van der Waals surface area contributed by atoms with E-state index in [4.69, 9.17) is 0 Å². The van der Waals surface area contributed by atoms with E-state index in [1.165, 1.54) is 15.1 Å². The minimum Gasteiger partial charge on any atom is -0.336 e. The van der Waals surface area contributed by atoms with Crippen LogP contribution in [-0.2, 0) is 23.6 Å². The zero-order valence-electron chi connectivity index (χ0n) is 16.3. The number of imidazole rings is 1. The topological polar surface area (TPSA) is 90.1 Å². The van der Waals surface area contributed by atoms with Gasteiger partial charge in [0.05, 0.1) is 5.69 Å². The molecule has 148 valence electrons. The first-order valence-electron chi connectivity index (χ1n) is 9.26. The van der Waals surface area contributed by atoms with Crippen LogP contribution in [0.5, 0.6) is 0 Å². The Morgan fingerprint density at radius 3 is 2.48 bits per heavy atom. The summed E-state index contributed by atoms with van der Waals surface area (Å²) >= 11 is 0. The fraction of sp³-hybridized carbons (Fsp3) is 0.611. The molecule has 0 aromatic carbocycles. The fourth-order valence-electron chi connectivity index (χ4n) is 3.50. The third-order valence-electron chi connectivity index (χ3n) is 5.02. The maximum atomic E-state index is 12.9. The molecule has 0 bridgehead atoms. The van der Waals surface area contributed by atoms with Crippen LogP contribution in [0.15, 0.2) is 28.2 Å². The molecule has 1 saturated heterocycles. The summed E-state index contributed by atoms with van der Waals surface area (Å²) in [6.45, 7) is 7.22. The number of hydrogen-bond acceptors (Lipinski definition) is 5. The van der Waals surface area contributed by atoms with Crippen LogP contribution in [0.3, 0.4) is 0 Å². The molecule has 0 atom stereocenters. The zero-order chi connectivity index (χ0) is 19.8. The van der Waals surface area contributed by atoms with Gasteiger partial charge in [-0.15, -0.1) is 0 Å². The van der Waals surface area contributed by atoms with Crippen LogP contribution in [0.1, 0.15) is 44.1 Å². The van der Waals surface area contributed by atoms with Gasteiger partial charge < -0.3 is 4.57 Å². The van der Waals surface area contributed by atoms with E-state index >= 15 is 0 Å². The largest absolute Gasteiger partial charge is 0.336 e. The number of hydrogen-bond donors (Lipinski definition) is 0. The van der Waals surface area contributed by atoms with Gasteiger partial charge in [-0.2, -0.15) is 9.40 Å². The Labute approximate surface area is 159 Å². The lowest BCUT2D eigenvalue weighted by molar-refractivity contribution is 0.244. The van der Waals surface area contributed by atoms with E-state index in [-0.39, 0.29) is 22.4 Å². The first-order chi connectivity index (χ1) is 12.7. The molecule has 0 N–H and O–H groups in total. The molecule has 1 fully saturated rings. The van der Waals surface area contributed by atoms with E-state index in [2.05, 4.69) is 10.1 Å². The van der Waals surface area contributed by atoms with Gasteiger partial charge in [0.25, 0.3) is 15.6 Å². The highest BCUT2D eigenvalue weighted by Gasteiger charge is 2.32. The van der Waals surface area contributed by atoms with Crippen LogP contribution < -0.4 is 5.56 Å². The van der Waals surface area contributed by atoms with Crippen molar-refractivity contribution in [2.75, 3.05) is 13.1 Å². The Hall–Kier alpha value is -2.00. The molecular formula is C18H27N5O3S. The van der Waals surface area contributed by atoms with Crippen LogP contribution in [-0.4, -0.2) is 45.1 Å². The summed E-state index contributed by atoms with van der Waals surface area (Å²) < 4.78 is 30.6. The van der Waals surface area contributed by atoms with Crippen molar-refractivity contribution in [2.45, 2.75) is 51.1 Å². The van der Waals surface area contributed by atoms with Gasteiger partial charge >= 0.3 is 0 Å². The molecule has 2 aromatic rings. The van der Waals surface area contributed by atoms with E-state index in [1.807, 2.05) is 27.8 Å². The summed E-state index contributed by atoms with van der Waals surface area (Å²) in [7, 11) is -1.77. The zero-order valence-corrected chi connectivity index (χ0v) is 17.1. The van der Waals surface area contributed by atoms with Crippen LogP contribution in [0.4, 0.5) is 0 Å². The van der Waals surface area contributed by atoms with Gasteiger partial charge in [0.2, 0.25) is 0 Å². The number of nitrogens with zero attached hydrogens (tertiary/aromatic N) is 5. The van der Waals surface area contributed by atoms with Crippen molar-refractivity contribution in [3.8, 4) is 0 Å². The molecule has 1 aliphatic rings. The van der Waals surface area contributed by atoms with Gasteiger partial charge in [-0.25, -0.2) is 18.1 Å². The maximum Gasteiger partial charge on any atom is 0.266 e. The van der Waals surface area contributed by atoms with Crippen molar-refractivity contribution in [3.05, 3.63) is 40.2 Å². The predicted octanol–water partition coefficient (Wildman–Crippen LogP) is 1.51. The lowest BCUT2D eigenvalue weighted by Crippen LogP contribution is -2.40. The highest BCUT2D eigenvalue weighted by atomic mass is 32.2. The van der Waals surface area contributed by atoms with Crippen molar-refractivity contribution in [2.24, 2.45) is 13.0 Å². The van der Waals surface area contributed by atoms with Crippen molar-refractivity contribution in [1.29, 1.82) is 0 Å². The third kappa shape index (κ3) is 4.14. The third-order valence-corrected chi connectivity index (χ3v) is 6.79. The molecule has 8 nitrogen and oxygen atoms in total. The lowest BCUT2D eigenvalue weighted by Gasteiger charge is -2.30. The van der Waals surface area contributed by atoms with Gasteiger partial charge in [-0.1, -0.05) is 13.8 Å². The molecule has 0 spiro atoms. The molecule has 0 saturated carbocycles. The average molecular weight is 394 g/mol. The van der Waals surface area contributed by atoms with E-state index in [0.717, 1.165) is 11.5 Å². The van der Waals surface area contributed by atoms with Gasteiger partial charge in [0.1, 0.15) is 5.82 Å². The smallest absolute Gasteiger partial charge is 0.266 e. The summed E-state index contributed by atoms with van der Waals surface area (Å²) in [4.78, 5) is 16.3. The first-order valence-corrected chi connectivity index (χ1v) is 10.7. The minimum atomic E-state index is -3.59. The molecule has 0 aliphatic carbocycles. The van der Waals surface area contributed by atoms with E-state index in [9.17, 15) is 13.2 Å². The van der Waals surface area contributed by atoms with E-state index in [0.29, 0.717) is 32.5 Å². The number of aryl methyl sites for hydroxylation is 2. The van der Waals surface area contributed by atoms with Crippen LogP contribution in [0, 0.1) is 12.8 Å². The highest BCUT2D eigenvalue weighted by Crippen LogP contribution is 2.25. The molecule has 0 radical (unpaired) electrons. The number of aromatic nitrogens is 4. The van der Waals surface area contributed by atoms with Crippen LogP contribution in [0.25, 0.3) is 0 Å². The highest BCUT2D eigenvalue weighted by molar-refractivity contribution is 7.89. The second kappa shape index (κ2) is 7.55. The lowest BCUT2D eigenvalue weighted by atomic mass is 9.98. The first kappa shape index (κ1) is 19.8. The summed E-state index contributed by atoms with van der Waals surface area (Å²) in [5.74, 6) is 1.15. The Balaban J connectivity index is 1.68. The number of rotatable bonds is 5. The van der Waals surface area contributed by atoms with Crippen molar-refractivity contribution >= 4 is 10.0 Å². The Morgan fingerprint density at radius 2 is 1.89 bits per heavy atom. The van der Waals surface area contributed by atoms with Crippen LogP contribution >= 0.6 is 0 Å². The average Bonchev–Trinajstić information content (AvgIpc) is 3.01.